The number of rotatable bonds is 3. The predicted octanol–water partition coefficient (Wildman–Crippen LogP) is 3.50. The molecule has 1 heterocycles. The third kappa shape index (κ3) is 2.81. The van der Waals surface area contributed by atoms with E-state index in [1.54, 1.807) is 0 Å². The van der Waals surface area contributed by atoms with Crippen molar-refractivity contribution in [2.24, 2.45) is 0 Å². The molecule has 1 saturated carbocycles. The fourth-order valence-electron chi connectivity index (χ4n) is 2.62. The van der Waals surface area contributed by atoms with E-state index in [-0.39, 0.29) is 0 Å². The van der Waals surface area contributed by atoms with Gasteiger partial charge in [-0.25, -0.2) is 0 Å². The Bertz CT molecular complexity index is 561. The van der Waals surface area contributed by atoms with E-state index >= 15 is 0 Å². The summed E-state index contributed by atoms with van der Waals surface area (Å²) in [5.74, 6) is 0. The molecule has 0 spiro atoms. The quantitative estimate of drug-likeness (QED) is 0.841. The molecule has 1 fully saturated rings. The molecule has 1 aliphatic rings. The molecule has 3 N–H and O–H groups in total. The molecule has 0 saturated heterocycles. The number of benzene rings is 1. The third-order valence-corrected chi connectivity index (χ3v) is 4.88. The number of fused-ring (bicyclic) bond motifs is 1. The minimum Gasteiger partial charge on any atom is -0.424 e. The number of nitrogens with one attached hydrogen (secondary N) is 1. The highest BCUT2D eigenvalue weighted by atomic mass is 32.2. The van der Waals surface area contributed by atoms with Crippen molar-refractivity contribution in [3.63, 3.8) is 0 Å². The number of nitrogens with zero attached hydrogens (tertiary/aromatic N) is 1. The molecule has 102 valence electrons. The van der Waals surface area contributed by atoms with Crippen LogP contribution in [-0.4, -0.2) is 22.5 Å². The number of anilines is 2. The lowest BCUT2D eigenvalue weighted by atomic mass is 9.95. The van der Waals surface area contributed by atoms with E-state index in [9.17, 15) is 0 Å². The predicted molar refractivity (Wildman–Crippen MR) is 81.6 cm³/mol. The molecule has 0 aliphatic heterocycles. The molecule has 0 unspecified atom stereocenters. The van der Waals surface area contributed by atoms with Gasteiger partial charge in [-0.05, 0) is 50.1 Å². The topological polar surface area (TPSA) is 64.1 Å². The number of hydrogen-bond acceptors (Lipinski definition) is 5. The van der Waals surface area contributed by atoms with Crippen molar-refractivity contribution in [3.8, 4) is 0 Å². The second-order valence-electron chi connectivity index (χ2n) is 5.10. The summed E-state index contributed by atoms with van der Waals surface area (Å²) in [6, 6.07) is 6.64. The van der Waals surface area contributed by atoms with Gasteiger partial charge in [0.1, 0.15) is 5.52 Å². The number of hydrogen-bond donors (Lipinski definition) is 2. The van der Waals surface area contributed by atoms with Crippen LogP contribution in [0.15, 0.2) is 22.6 Å². The lowest BCUT2D eigenvalue weighted by Gasteiger charge is -2.27. The van der Waals surface area contributed by atoms with Crippen molar-refractivity contribution in [1.82, 2.24) is 4.98 Å². The lowest BCUT2D eigenvalue weighted by Crippen LogP contribution is -2.27. The fourth-order valence-corrected chi connectivity index (χ4v) is 3.37. The number of aromatic nitrogens is 1. The van der Waals surface area contributed by atoms with Crippen LogP contribution in [0.3, 0.4) is 0 Å². The standard InChI is InChI=1S/C14H19N3OS/c1-19-11-5-3-10(4-6-11)16-14-17-12-8-9(15)2-7-13(12)18-14/h2,7-8,10-11H,3-6,15H2,1H3,(H,16,17). The Morgan fingerprint density at radius 1 is 1.32 bits per heavy atom. The highest BCUT2D eigenvalue weighted by Gasteiger charge is 2.21. The number of oxazole rings is 1. The van der Waals surface area contributed by atoms with Crippen molar-refractivity contribution in [1.29, 1.82) is 0 Å². The average Bonchev–Trinajstić information content (AvgIpc) is 2.81. The number of thioether (sulfide) groups is 1. The zero-order chi connectivity index (χ0) is 13.2. The van der Waals surface area contributed by atoms with E-state index in [4.69, 9.17) is 10.2 Å². The van der Waals surface area contributed by atoms with Crippen molar-refractivity contribution in [3.05, 3.63) is 18.2 Å². The van der Waals surface area contributed by atoms with Crippen LogP contribution in [-0.2, 0) is 0 Å². The molecule has 0 radical (unpaired) electrons. The van der Waals surface area contributed by atoms with Crippen LogP contribution in [0.25, 0.3) is 11.1 Å². The van der Waals surface area contributed by atoms with Gasteiger partial charge in [-0.1, -0.05) is 0 Å². The van der Waals surface area contributed by atoms with E-state index in [0.29, 0.717) is 17.7 Å². The maximum absolute atomic E-state index is 5.74. The summed E-state index contributed by atoms with van der Waals surface area (Å²) >= 11 is 1.98. The van der Waals surface area contributed by atoms with Crippen molar-refractivity contribution in [2.45, 2.75) is 37.0 Å². The molecule has 1 aliphatic carbocycles. The molecule has 0 amide bonds. The first-order valence-electron chi connectivity index (χ1n) is 6.70. The Labute approximate surface area is 117 Å². The molecule has 1 aromatic heterocycles. The van der Waals surface area contributed by atoms with Gasteiger partial charge in [0.15, 0.2) is 5.58 Å². The Morgan fingerprint density at radius 2 is 2.11 bits per heavy atom. The summed E-state index contributed by atoms with van der Waals surface area (Å²) < 4.78 is 5.70. The molecular weight excluding hydrogens is 258 g/mol. The van der Waals surface area contributed by atoms with E-state index in [1.165, 1.54) is 25.7 Å². The fraction of sp³-hybridized carbons (Fsp3) is 0.500. The van der Waals surface area contributed by atoms with Gasteiger partial charge in [0.2, 0.25) is 0 Å². The average molecular weight is 277 g/mol. The largest absolute Gasteiger partial charge is 0.424 e. The van der Waals surface area contributed by atoms with Crippen molar-refractivity contribution < 1.29 is 4.42 Å². The molecule has 0 bridgehead atoms. The Kier molecular flexibility index (Phi) is 3.55. The van der Waals surface area contributed by atoms with Gasteiger partial charge >= 0.3 is 0 Å². The lowest BCUT2D eigenvalue weighted by molar-refractivity contribution is 0.460. The van der Waals surface area contributed by atoms with Gasteiger partial charge in [0.05, 0.1) is 0 Å². The van der Waals surface area contributed by atoms with Crippen LogP contribution in [0.5, 0.6) is 0 Å². The smallest absolute Gasteiger partial charge is 0.295 e. The van der Waals surface area contributed by atoms with Gasteiger partial charge in [-0.2, -0.15) is 16.7 Å². The zero-order valence-electron chi connectivity index (χ0n) is 11.1. The summed E-state index contributed by atoms with van der Waals surface area (Å²) in [4.78, 5) is 4.44. The van der Waals surface area contributed by atoms with Crippen LogP contribution in [0.2, 0.25) is 0 Å². The summed E-state index contributed by atoms with van der Waals surface area (Å²) in [7, 11) is 0. The first kappa shape index (κ1) is 12.7. The first-order valence-corrected chi connectivity index (χ1v) is 7.99. The van der Waals surface area contributed by atoms with Crippen LogP contribution < -0.4 is 11.1 Å². The zero-order valence-corrected chi connectivity index (χ0v) is 11.9. The number of nitrogens with two attached hydrogens (primary N) is 1. The molecule has 3 rings (SSSR count). The maximum Gasteiger partial charge on any atom is 0.295 e. The maximum atomic E-state index is 5.74. The molecule has 19 heavy (non-hydrogen) atoms. The molecule has 2 aromatic rings. The van der Waals surface area contributed by atoms with Crippen LogP contribution in [0.1, 0.15) is 25.7 Å². The van der Waals surface area contributed by atoms with Gasteiger partial charge in [-0.3, -0.25) is 0 Å². The van der Waals surface area contributed by atoms with Crippen molar-refractivity contribution >= 4 is 34.6 Å². The van der Waals surface area contributed by atoms with E-state index < -0.39 is 0 Å². The molecule has 4 nitrogen and oxygen atoms in total. The first-order chi connectivity index (χ1) is 9.24. The summed E-state index contributed by atoms with van der Waals surface area (Å²) in [6.07, 6.45) is 7.11. The minimum atomic E-state index is 0.480. The third-order valence-electron chi connectivity index (χ3n) is 3.75. The highest BCUT2D eigenvalue weighted by molar-refractivity contribution is 7.99. The molecule has 5 heteroatoms. The van der Waals surface area contributed by atoms with E-state index in [0.717, 1.165) is 16.3 Å². The number of nitrogen functional groups attached to an aromatic ring is 1. The van der Waals surface area contributed by atoms with Gasteiger partial charge in [-0.15, -0.1) is 0 Å². The van der Waals surface area contributed by atoms with Gasteiger partial charge in [0.25, 0.3) is 6.01 Å². The second kappa shape index (κ2) is 5.33. The van der Waals surface area contributed by atoms with Crippen LogP contribution in [0, 0.1) is 0 Å². The monoisotopic (exact) mass is 277 g/mol. The Hall–Kier alpha value is -1.36. The Balaban J connectivity index is 1.68. The normalized spacial score (nSPS) is 23.6. The molecule has 1 aromatic carbocycles. The molecule has 0 atom stereocenters. The summed E-state index contributed by atoms with van der Waals surface area (Å²) in [5, 5.41) is 4.23. The second-order valence-corrected chi connectivity index (χ2v) is 6.24. The van der Waals surface area contributed by atoms with Crippen LogP contribution in [0.4, 0.5) is 11.7 Å². The molecular formula is C14H19N3OS. The van der Waals surface area contributed by atoms with Crippen LogP contribution >= 0.6 is 11.8 Å². The summed E-state index contributed by atoms with van der Waals surface area (Å²) in [5.41, 5.74) is 8.07. The van der Waals surface area contributed by atoms with E-state index in [2.05, 4.69) is 16.6 Å². The Morgan fingerprint density at radius 3 is 2.84 bits per heavy atom. The van der Waals surface area contributed by atoms with Crippen molar-refractivity contribution in [2.75, 3.05) is 17.3 Å². The highest BCUT2D eigenvalue weighted by Crippen LogP contribution is 2.29. The van der Waals surface area contributed by atoms with E-state index in [1.807, 2.05) is 30.0 Å². The van der Waals surface area contributed by atoms with Gasteiger partial charge in [0, 0.05) is 17.0 Å². The van der Waals surface area contributed by atoms with Gasteiger partial charge < -0.3 is 15.5 Å². The SMILES string of the molecule is CSC1CCC(Nc2nc3cc(N)ccc3o2)CC1. The minimum absolute atomic E-state index is 0.480. The summed E-state index contributed by atoms with van der Waals surface area (Å²) in [6.45, 7) is 0.